The summed E-state index contributed by atoms with van der Waals surface area (Å²) in [4.78, 5) is 14.2. The monoisotopic (exact) mass is 317 g/mol. The molecule has 1 aliphatic rings. The van der Waals surface area contributed by atoms with Crippen LogP contribution in [0.5, 0.6) is 11.5 Å². The summed E-state index contributed by atoms with van der Waals surface area (Å²) in [7, 11) is 1.62. The van der Waals surface area contributed by atoms with E-state index in [1.807, 2.05) is 43.0 Å². The first-order valence-electron chi connectivity index (χ1n) is 8.42. The minimum absolute atomic E-state index is 0.0911. The minimum Gasteiger partial charge on any atom is -0.493 e. The van der Waals surface area contributed by atoms with E-state index in [-0.39, 0.29) is 12.0 Å². The van der Waals surface area contributed by atoms with Crippen LogP contribution in [0.15, 0.2) is 24.3 Å². The van der Waals surface area contributed by atoms with E-state index in [2.05, 4.69) is 0 Å². The number of carbonyl (C=O) groups is 1. The first kappa shape index (κ1) is 17.4. The molecule has 4 nitrogen and oxygen atoms in total. The lowest BCUT2D eigenvalue weighted by Gasteiger charge is -2.18. The molecule has 0 spiro atoms. The number of ether oxygens (including phenoxy) is 2. The fourth-order valence-electron chi connectivity index (χ4n) is 2.70. The predicted octanol–water partition coefficient (Wildman–Crippen LogP) is 3.90. The average molecular weight is 317 g/mol. The third kappa shape index (κ3) is 5.31. The molecule has 0 bridgehead atoms. The zero-order valence-corrected chi connectivity index (χ0v) is 14.4. The molecule has 1 aromatic rings. The van der Waals surface area contributed by atoms with Crippen LogP contribution in [0.4, 0.5) is 0 Å². The molecule has 4 heteroatoms. The van der Waals surface area contributed by atoms with Gasteiger partial charge in [-0.2, -0.15) is 0 Å². The van der Waals surface area contributed by atoms with E-state index in [0.717, 1.165) is 37.2 Å². The van der Waals surface area contributed by atoms with Gasteiger partial charge in [0, 0.05) is 19.2 Å². The normalized spacial score (nSPS) is 15.7. The number of amides is 1. The summed E-state index contributed by atoms with van der Waals surface area (Å²) in [6.45, 7) is 5.70. The molecule has 0 radical (unpaired) electrons. The number of rotatable bonds is 5. The fourth-order valence-corrected chi connectivity index (χ4v) is 2.70. The SMILES string of the molecule is COc1cc(C=CC(=O)N2CCCCCC2)ccc1OC(C)C. The molecule has 2 rings (SSSR count). The van der Waals surface area contributed by atoms with Crippen molar-refractivity contribution in [2.75, 3.05) is 20.2 Å². The van der Waals surface area contributed by atoms with Crippen molar-refractivity contribution in [3.63, 3.8) is 0 Å². The van der Waals surface area contributed by atoms with Crippen molar-refractivity contribution in [2.45, 2.75) is 45.6 Å². The van der Waals surface area contributed by atoms with Crippen molar-refractivity contribution in [1.82, 2.24) is 4.90 Å². The summed E-state index contributed by atoms with van der Waals surface area (Å²) < 4.78 is 11.1. The summed E-state index contributed by atoms with van der Waals surface area (Å²) >= 11 is 0. The number of likely N-dealkylation sites (tertiary alicyclic amines) is 1. The Morgan fingerprint density at radius 2 is 1.83 bits per heavy atom. The Kier molecular flexibility index (Phi) is 6.51. The van der Waals surface area contributed by atoms with Gasteiger partial charge in [0.25, 0.3) is 0 Å². The summed E-state index contributed by atoms with van der Waals surface area (Å²) in [6, 6.07) is 5.71. The molecule has 1 amide bonds. The predicted molar refractivity (Wildman–Crippen MR) is 92.8 cm³/mol. The number of hydrogen-bond donors (Lipinski definition) is 0. The molecule has 0 saturated carbocycles. The van der Waals surface area contributed by atoms with Gasteiger partial charge in [0.15, 0.2) is 11.5 Å². The molecule has 1 heterocycles. The number of carbonyl (C=O) groups excluding carboxylic acids is 1. The lowest BCUT2D eigenvalue weighted by atomic mass is 10.2. The van der Waals surface area contributed by atoms with Gasteiger partial charge >= 0.3 is 0 Å². The molecule has 0 N–H and O–H groups in total. The largest absolute Gasteiger partial charge is 0.493 e. The Labute approximate surface area is 139 Å². The van der Waals surface area contributed by atoms with Gasteiger partial charge in [-0.15, -0.1) is 0 Å². The highest BCUT2D eigenvalue weighted by Crippen LogP contribution is 2.29. The topological polar surface area (TPSA) is 38.8 Å². The smallest absolute Gasteiger partial charge is 0.246 e. The van der Waals surface area contributed by atoms with Crippen LogP contribution in [0.25, 0.3) is 6.08 Å². The number of methoxy groups -OCH3 is 1. The summed E-state index contributed by atoms with van der Waals surface area (Å²) in [5.41, 5.74) is 0.932. The first-order chi connectivity index (χ1) is 11.1. The van der Waals surface area contributed by atoms with Crippen molar-refractivity contribution in [2.24, 2.45) is 0 Å². The van der Waals surface area contributed by atoms with Gasteiger partial charge in [-0.25, -0.2) is 0 Å². The van der Waals surface area contributed by atoms with E-state index < -0.39 is 0 Å². The van der Waals surface area contributed by atoms with Crippen molar-refractivity contribution in [1.29, 1.82) is 0 Å². The van der Waals surface area contributed by atoms with Gasteiger partial charge in [0.05, 0.1) is 13.2 Å². The van der Waals surface area contributed by atoms with Crippen molar-refractivity contribution >= 4 is 12.0 Å². The highest BCUT2D eigenvalue weighted by atomic mass is 16.5. The highest BCUT2D eigenvalue weighted by Gasteiger charge is 2.13. The highest BCUT2D eigenvalue weighted by molar-refractivity contribution is 5.91. The molecule has 0 aromatic heterocycles. The van der Waals surface area contributed by atoms with E-state index in [4.69, 9.17) is 9.47 Å². The number of benzene rings is 1. The van der Waals surface area contributed by atoms with Gasteiger partial charge in [-0.05, 0) is 50.5 Å². The van der Waals surface area contributed by atoms with Crippen LogP contribution in [0, 0.1) is 0 Å². The maximum Gasteiger partial charge on any atom is 0.246 e. The maximum absolute atomic E-state index is 12.3. The first-order valence-corrected chi connectivity index (χ1v) is 8.42. The summed E-state index contributed by atoms with van der Waals surface area (Å²) in [5.74, 6) is 1.50. The lowest BCUT2D eigenvalue weighted by molar-refractivity contribution is -0.125. The molecule has 0 atom stereocenters. The van der Waals surface area contributed by atoms with E-state index in [0.29, 0.717) is 5.75 Å². The molecule has 1 aliphatic heterocycles. The molecule has 1 aromatic carbocycles. The second-order valence-corrected chi connectivity index (χ2v) is 6.15. The zero-order chi connectivity index (χ0) is 16.7. The second kappa shape index (κ2) is 8.61. The van der Waals surface area contributed by atoms with E-state index >= 15 is 0 Å². The maximum atomic E-state index is 12.3. The van der Waals surface area contributed by atoms with Crippen LogP contribution < -0.4 is 9.47 Å². The van der Waals surface area contributed by atoms with Gasteiger partial charge in [0.2, 0.25) is 5.91 Å². The summed E-state index contributed by atoms with van der Waals surface area (Å²) in [5, 5.41) is 0. The van der Waals surface area contributed by atoms with Crippen LogP contribution in [-0.4, -0.2) is 37.1 Å². The molecular formula is C19H27NO3. The molecule has 1 saturated heterocycles. The van der Waals surface area contributed by atoms with Gasteiger partial charge in [-0.3, -0.25) is 4.79 Å². The van der Waals surface area contributed by atoms with E-state index in [1.165, 1.54) is 12.8 Å². The summed E-state index contributed by atoms with van der Waals surface area (Å²) in [6.07, 6.45) is 8.25. The van der Waals surface area contributed by atoms with Crippen LogP contribution in [0.3, 0.4) is 0 Å². The molecule has 0 unspecified atom stereocenters. The van der Waals surface area contributed by atoms with Crippen LogP contribution >= 0.6 is 0 Å². The molecule has 23 heavy (non-hydrogen) atoms. The molecule has 126 valence electrons. The third-order valence-electron chi connectivity index (χ3n) is 3.89. The Morgan fingerprint density at radius 3 is 2.43 bits per heavy atom. The van der Waals surface area contributed by atoms with Crippen LogP contribution in [-0.2, 0) is 4.79 Å². The lowest BCUT2D eigenvalue weighted by Crippen LogP contribution is -2.30. The zero-order valence-electron chi connectivity index (χ0n) is 14.4. The van der Waals surface area contributed by atoms with Crippen molar-refractivity contribution in [3.05, 3.63) is 29.8 Å². The van der Waals surface area contributed by atoms with Crippen molar-refractivity contribution < 1.29 is 14.3 Å². The second-order valence-electron chi connectivity index (χ2n) is 6.15. The number of nitrogens with zero attached hydrogens (tertiary/aromatic N) is 1. The minimum atomic E-state index is 0.0911. The van der Waals surface area contributed by atoms with Gasteiger partial charge < -0.3 is 14.4 Å². The Bertz CT molecular complexity index is 544. The Balaban J connectivity index is 2.05. The van der Waals surface area contributed by atoms with Crippen LogP contribution in [0.2, 0.25) is 0 Å². The molecule has 1 fully saturated rings. The Hall–Kier alpha value is -1.97. The van der Waals surface area contributed by atoms with E-state index in [9.17, 15) is 4.79 Å². The van der Waals surface area contributed by atoms with Crippen molar-refractivity contribution in [3.8, 4) is 11.5 Å². The van der Waals surface area contributed by atoms with E-state index in [1.54, 1.807) is 13.2 Å². The number of hydrogen-bond acceptors (Lipinski definition) is 3. The van der Waals surface area contributed by atoms with Gasteiger partial charge in [0.1, 0.15) is 0 Å². The third-order valence-corrected chi connectivity index (χ3v) is 3.89. The molecular weight excluding hydrogens is 290 g/mol. The van der Waals surface area contributed by atoms with Gasteiger partial charge in [-0.1, -0.05) is 18.9 Å². The fraction of sp³-hybridized carbons (Fsp3) is 0.526. The Morgan fingerprint density at radius 1 is 1.13 bits per heavy atom. The van der Waals surface area contributed by atoms with Crippen LogP contribution in [0.1, 0.15) is 45.1 Å². The average Bonchev–Trinajstić information content (AvgIpc) is 2.82. The quantitative estimate of drug-likeness (QED) is 0.773. The molecule has 0 aliphatic carbocycles. The standard InChI is InChI=1S/C19H27NO3/c1-15(2)23-17-10-8-16(14-18(17)22-3)9-11-19(21)20-12-6-4-5-7-13-20/h8-11,14-15H,4-7,12-13H2,1-3H3.